The highest BCUT2D eigenvalue weighted by atomic mass is 32.2. The zero-order valence-electron chi connectivity index (χ0n) is 5.72. The lowest BCUT2D eigenvalue weighted by molar-refractivity contribution is 0.557. The van der Waals surface area contributed by atoms with E-state index in [0.29, 0.717) is 0 Å². The number of nitrogen functional groups attached to an aromatic ring is 1. The first-order valence-electron chi connectivity index (χ1n) is 2.73. The van der Waals surface area contributed by atoms with Gasteiger partial charge in [-0.2, -0.15) is 0 Å². The number of rotatable bonds is 3. The fourth-order valence-corrected chi connectivity index (χ4v) is 2.21. The molecule has 1 heterocycles. The molecule has 0 aromatic carbocycles. The maximum absolute atomic E-state index is 11.0. The number of hydrogen-bond acceptors (Lipinski definition) is 7. The normalized spacial score (nSPS) is 11.3. The van der Waals surface area contributed by atoms with Crippen molar-refractivity contribution in [2.75, 3.05) is 11.5 Å². The maximum atomic E-state index is 11.0. The standard InChI is InChI=1S/C4H4N3O3S2/c5-3-6-7-4(11-3)12(9,10)2-1-8/h2H2,(H2,5,6). The van der Waals surface area contributed by atoms with Crippen molar-refractivity contribution in [1.82, 2.24) is 10.2 Å². The number of carbonyl (C=O) groups excluding carboxylic acids is 1. The average Bonchev–Trinajstić information content (AvgIpc) is 2.36. The summed E-state index contributed by atoms with van der Waals surface area (Å²) in [6.45, 7) is 0. The smallest absolute Gasteiger partial charge is 0.234 e. The van der Waals surface area contributed by atoms with E-state index in [9.17, 15) is 13.2 Å². The van der Waals surface area contributed by atoms with Crippen molar-refractivity contribution in [2.45, 2.75) is 4.34 Å². The Morgan fingerprint density at radius 2 is 2.17 bits per heavy atom. The van der Waals surface area contributed by atoms with E-state index >= 15 is 0 Å². The minimum Gasteiger partial charge on any atom is -0.374 e. The van der Waals surface area contributed by atoms with Crippen LogP contribution >= 0.6 is 11.3 Å². The Hall–Kier alpha value is -1.02. The molecule has 0 amide bonds. The molecule has 0 atom stereocenters. The second-order valence-corrected chi connectivity index (χ2v) is 4.98. The van der Waals surface area contributed by atoms with E-state index in [4.69, 9.17) is 5.73 Å². The summed E-state index contributed by atoms with van der Waals surface area (Å²) in [5, 5.41) is 6.64. The Morgan fingerprint density at radius 3 is 2.58 bits per heavy atom. The molecule has 0 fully saturated rings. The minimum atomic E-state index is -3.65. The molecule has 65 valence electrons. The third-order valence-electron chi connectivity index (χ3n) is 0.937. The molecule has 6 nitrogen and oxygen atoms in total. The summed E-state index contributed by atoms with van der Waals surface area (Å²) in [7, 11) is -3.65. The number of nitrogens with two attached hydrogens (primary N) is 1. The van der Waals surface area contributed by atoms with Gasteiger partial charge in [0.1, 0.15) is 5.75 Å². The molecule has 0 saturated heterocycles. The molecule has 1 rings (SSSR count). The summed E-state index contributed by atoms with van der Waals surface area (Å²) in [5.74, 6) is -0.707. The monoisotopic (exact) mass is 206 g/mol. The van der Waals surface area contributed by atoms with Crippen LogP contribution in [0.15, 0.2) is 4.34 Å². The molecular formula is C4H4N3O3S2. The molecule has 12 heavy (non-hydrogen) atoms. The third kappa shape index (κ3) is 1.77. The van der Waals surface area contributed by atoms with Crippen LogP contribution in [0.2, 0.25) is 0 Å². The van der Waals surface area contributed by atoms with Crippen LogP contribution in [0.1, 0.15) is 0 Å². The number of nitrogens with zero attached hydrogens (tertiary/aromatic N) is 2. The van der Waals surface area contributed by atoms with Crippen LogP contribution in [-0.2, 0) is 14.6 Å². The van der Waals surface area contributed by atoms with Gasteiger partial charge < -0.3 is 5.73 Å². The minimum absolute atomic E-state index is 0.0551. The number of aromatic nitrogens is 2. The van der Waals surface area contributed by atoms with Gasteiger partial charge in [-0.05, 0) is 0 Å². The summed E-state index contributed by atoms with van der Waals surface area (Å²) in [4.78, 5) is 9.82. The highest BCUT2D eigenvalue weighted by molar-refractivity contribution is 7.93. The zero-order chi connectivity index (χ0) is 9.19. The number of hydrogen-bond donors (Lipinski definition) is 1. The molecule has 0 unspecified atom stereocenters. The molecule has 0 spiro atoms. The van der Waals surface area contributed by atoms with E-state index in [1.54, 1.807) is 0 Å². The van der Waals surface area contributed by atoms with Gasteiger partial charge in [-0.25, -0.2) is 8.42 Å². The molecule has 0 aliphatic heterocycles. The van der Waals surface area contributed by atoms with Gasteiger partial charge in [0.2, 0.25) is 25.6 Å². The molecule has 1 aromatic rings. The molecule has 1 aromatic heterocycles. The molecule has 8 heteroatoms. The van der Waals surface area contributed by atoms with Gasteiger partial charge in [0, 0.05) is 0 Å². The molecular weight excluding hydrogens is 202 g/mol. The van der Waals surface area contributed by atoms with Gasteiger partial charge in [-0.15, -0.1) is 10.2 Å². The zero-order valence-corrected chi connectivity index (χ0v) is 7.35. The Balaban J connectivity index is 3.06. The van der Waals surface area contributed by atoms with Crippen molar-refractivity contribution in [1.29, 1.82) is 0 Å². The van der Waals surface area contributed by atoms with Crippen LogP contribution in [0.3, 0.4) is 0 Å². The maximum Gasteiger partial charge on any atom is 0.234 e. The van der Waals surface area contributed by atoms with Crippen LogP contribution in [-0.4, -0.2) is 30.7 Å². The highest BCUT2D eigenvalue weighted by Crippen LogP contribution is 2.17. The molecule has 0 saturated carbocycles. The summed E-state index contributed by atoms with van der Waals surface area (Å²) in [6, 6.07) is 0. The Morgan fingerprint density at radius 1 is 1.50 bits per heavy atom. The average molecular weight is 206 g/mol. The summed E-state index contributed by atoms with van der Waals surface area (Å²) < 4.78 is 21.8. The quantitative estimate of drug-likeness (QED) is 0.680. The van der Waals surface area contributed by atoms with Crippen LogP contribution in [0.5, 0.6) is 0 Å². The molecule has 0 aliphatic carbocycles. The molecule has 2 N–H and O–H groups in total. The molecule has 1 radical (unpaired) electrons. The Bertz CT molecular complexity index is 382. The summed E-state index contributed by atoms with van der Waals surface area (Å²) in [5.41, 5.74) is 5.15. The molecule has 0 aliphatic rings. The Labute approximate surface area is 72.3 Å². The van der Waals surface area contributed by atoms with Crippen molar-refractivity contribution in [3.63, 3.8) is 0 Å². The number of anilines is 1. The van der Waals surface area contributed by atoms with Gasteiger partial charge in [0.05, 0.1) is 0 Å². The van der Waals surface area contributed by atoms with E-state index < -0.39 is 15.6 Å². The Kier molecular flexibility index (Phi) is 2.38. The van der Waals surface area contributed by atoms with Gasteiger partial charge in [-0.1, -0.05) is 11.3 Å². The topological polar surface area (TPSA) is 103 Å². The predicted molar refractivity (Wildman–Crippen MR) is 42.1 cm³/mol. The lowest BCUT2D eigenvalue weighted by Crippen LogP contribution is -2.06. The van der Waals surface area contributed by atoms with E-state index in [-0.39, 0.29) is 9.47 Å². The first-order valence-corrected chi connectivity index (χ1v) is 5.20. The SMILES string of the molecule is Nc1nnc(S(=O)(=O)C[C]=O)s1. The van der Waals surface area contributed by atoms with E-state index in [1.807, 2.05) is 0 Å². The van der Waals surface area contributed by atoms with E-state index in [0.717, 1.165) is 11.3 Å². The first-order chi connectivity index (χ1) is 5.56. The van der Waals surface area contributed by atoms with Crippen molar-refractivity contribution >= 4 is 32.6 Å². The van der Waals surface area contributed by atoms with Crippen LogP contribution in [0, 0.1) is 0 Å². The lowest BCUT2D eigenvalue weighted by atomic mass is 10.9. The van der Waals surface area contributed by atoms with Crippen molar-refractivity contribution in [3.05, 3.63) is 0 Å². The predicted octanol–water partition coefficient (Wildman–Crippen LogP) is -0.996. The van der Waals surface area contributed by atoms with E-state index in [2.05, 4.69) is 10.2 Å². The number of sulfone groups is 1. The highest BCUT2D eigenvalue weighted by Gasteiger charge is 2.19. The van der Waals surface area contributed by atoms with Crippen LogP contribution in [0.4, 0.5) is 5.13 Å². The van der Waals surface area contributed by atoms with Crippen molar-refractivity contribution in [2.24, 2.45) is 0 Å². The second-order valence-electron chi connectivity index (χ2n) is 1.81. The lowest BCUT2D eigenvalue weighted by Gasteiger charge is -1.88. The van der Waals surface area contributed by atoms with Crippen molar-refractivity contribution < 1.29 is 13.2 Å². The van der Waals surface area contributed by atoms with Gasteiger partial charge in [0.25, 0.3) is 0 Å². The van der Waals surface area contributed by atoms with Crippen molar-refractivity contribution in [3.8, 4) is 0 Å². The van der Waals surface area contributed by atoms with Crippen LogP contribution < -0.4 is 5.73 Å². The van der Waals surface area contributed by atoms with Crippen LogP contribution in [0.25, 0.3) is 0 Å². The molecule has 0 bridgehead atoms. The summed E-state index contributed by atoms with van der Waals surface area (Å²) in [6.07, 6.45) is 1.28. The van der Waals surface area contributed by atoms with E-state index in [1.165, 1.54) is 6.29 Å². The third-order valence-corrected chi connectivity index (χ3v) is 3.61. The van der Waals surface area contributed by atoms with Gasteiger partial charge >= 0.3 is 0 Å². The largest absolute Gasteiger partial charge is 0.374 e. The first kappa shape index (κ1) is 9.07. The summed E-state index contributed by atoms with van der Waals surface area (Å²) >= 11 is 0.723. The fourth-order valence-electron chi connectivity index (χ4n) is 0.485. The second kappa shape index (κ2) is 3.15. The van der Waals surface area contributed by atoms with Gasteiger partial charge in [0.15, 0.2) is 0 Å². The van der Waals surface area contributed by atoms with Gasteiger partial charge in [-0.3, -0.25) is 4.79 Å². The fraction of sp³-hybridized carbons (Fsp3) is 0.250.